The van der Waals surface area contributed by atoms with E-state index in [4.69, 9.17) is 0 Å². The SMILES string of the molecule is Cc1ccc(S(=O)(=O)N2CCC[C@H]2C(=O)N(C)C2CCC(F)(F)CC2)c(N(C)C(C)C)n1. The van der Waals surface area contributed by atoms with Crippen molar-refractivity contribution in [3.63, 3.8) is 0 Å². The second-order valence-corrected chi connectivity index (χ2v) is 11.1. The van der Waals surface area contributed by atoms with Gasteiger partial charge in [-0.15, -0.1) is 0 Å². The molecule has 1 amide bonds. The molecule has 1 aromatic rings. The Morgan fingerprint density at radius 2 is 1.81 bits per heavy atom. The van der Waals surface area contributed by atoms with E-state index in [-0.39, 0.29) is 55.1 Å². The molecule has 1 saturated heterocycles. The normalized spacial score (nSPS) is 22.3. The average molecular weight is 473 g/mol. The third-order valence-electron chi connectivity index (χ3n) is 6.74. The van der Waals surface area contributed by atoms with E-state index < -0.39 is 22.0 Å². The van der Waals surface area contributed by atoms with Crippen LogP contribution in [0, 0.1) is 6.92 Å². The number of aryl methyl sites for hydroxylation is 1. The van der Waals surface area contributed by atoms with Gasteiger partial charge >= 0.3 is 0 Å². The van der Waals surface area contributed by atoms with Gasteiger partial charge in [0.05, 0.1) is 0 Å². The Bertz CT molecular complexity index is 944. The zero-order valence-electron chi connectivity index (χ0n) is 19.5. The molecule has 1 saturated carbocycles. The minimum absolute atomic E-state index is 0.0322. The van der Waals surface area contributed by atoms with Crippen molar-refractivity contribution in [1.29, 1.82) is 0 Å². The van der Waals surface area contributed by atoms with E-state index in [2.05, 4.69) is 4.98 Å². The molecule has 0 aromatic carbocycles. The second kappa shape index (κ2) is 9.21. The van der Waals surface area contributed by atoms with Crippen LogP contribution in [0.25, 0.3) is 0 Å². The monoisotopic (exact) mass is 472 g/mol. The molecule has 0 spiro atoms. The second-order valence-electron chi connectivity index (χ2n) is 9.29. The largest absolute Gasteiger partial charge is 0.356 e. The highest BCUT2D eigenvalue weighted by Gasteiger charge is 2.44. The van der Waals surface area contributed by atoms with Crippen molar-refractivity contribution < 1.29 is 22.0 Å². The molecular formula is C22H34F2N4O3S. The Morgan fingerprint density at radius 3 is 2.41 bits per heavy atom. The van der Waals surface area contributed by atoms with Gasteiger partial charge in [-0.05, 0) is 58.6 Å². The van der Waals surface area contributed by atoms with Crippen molar-refractivity contribution in [1.82, 2.24) is 14.2 Å². The van der Waals surface area contributed by atoms with Gasteiger partial charge in [-0.1, -0.05) is 0 Å². The van der Waals surface area contributed by atoms with Crippen LogP contribution in [0.2, 0.25) is 0 Å². The fourth-order valence-electron chi connectivity index (χ4n) is 4.46. The van der Waals surface area contributed by atoms with Crippen LogP contribution in [0.4, 0.5) is 14.6 Å². The lowest BCUT2D eigenvalue weighted by Crippen LogP contribution is -2.51. The predicted molar refractivity (Wildman–Crippen MR) is 119 cm³/mol. The zero-order valence-corrected chi connectivity index (χ0v) is 20.3. The number of aromatic nitrogens is 1. The van der Waals surface area contributed by atoms with E-state index in [1.54, 1.807) is 38.1 Å². The molecule has 3 rings (SSSR count). The van der Waals surface area contributed by atoms with Gasteiger partial charge in [-0.3, -0.25) is 4.79 Å². The minimum atomic E-state index is -3.98. The van der Waals surface area contributed by atoms with Gasteiger partial charge in [0, 0.05) is 51.3 Å². The predicted octanol–water partition coefficient (Wildman–Crippen LogP) is 3.42. The summed E-state index contributed by atoms with van der Waals surface area (Å²) in [6, 6.07) is 2.12. The molecule has 1 aliphatic carbocycles. The summed E-state index contributed by atoms with van der Waals surface area (Å²) in [4.78, 5) is 21.1. The molecule has 0 unspecified atom stereocenters. The van der Waals surface area contributed by atoms with Gasteiger partial charge in [-0.25, -0.2) is 22.2 Å². The lowest BCUT2D eigenvalue weighted by atomic mass is 9.91. The van der Waals surface area contributed by atoms with Crippen LogP contribution in [0.5, 0.6) is 0 Å². The molecule has 7 nitrogen and oxygen atoms in total. The highest BCUT2D eigenvalue weighted by molar-refractivity contribution is 7.89. The van der Waals surface area contributed by atoms with Gasteiger partial charge in [0.1, 0.15) is 16.8 Å². The van der Waals surface area contributed by atoms with E-state index in [0.29, 0.717) is 24.4 Å². The summed E-state index contributed by atoms with van der Waals surface area (Å²) >= 11 is 0. The van der Waals surface area contributed by atoms with Crippen molar-refractivity contribution in [3.05, 3.63) is 17.8 Å². The van der Waals surface area contributed by atoms with Crippen LogP contribution in [0.3, 0.4) is 0 Å². The van der Waals surface area contributed by atoms with E-state index in [0.717, 1.165) is 0 Å². The third kappa shape index (κ3) is 4.90. The maximum Gasteiger partial charge on any atom is 0.248 e. The van der Waals surface area contributed by atoms with Gasteiger partial charge < -0.3 is 9.80 Å². The van der Waals surface area contributed by atoms with E-state index in [9.17, 15) is 22.0 Å². The fraction of sp³-hybridized carbons (Fsp3) is 0.727. The molecule has 1 aliphatic heterocycles. The van der Waals surface area contributed by atoms with Crippen molar-refractivity contribution in [2.45, 2.75) is 88.2 Å². The molecule has 0 radical (unpaired) electrons. The van der Waals surface area contributed by atoms with Crippen molar-refractivity contribution >= 4 is 21.7 Å². The number of carbonyl (C=O) groups is 1. The number of hydrogen-bond donors (Lipinski definition) is 0. The van der Waals surface area contributed by atoms with Crippen LogP contribution in [0.1, 0.15) is 58.1 Å². The topological polar surface area (TPSA) is 73.8 Å². The molecule has 180 valence electrons. The summed E-state index contributed by atoms with van der Waals surface area (Å²) in [6.45, 7) is 5.95. The number of rotatable bonds is 6. The maximum absolute atomic E-state index is 13.7. The number of likely N-dealkylation sites (N-methyl/N-ethyl adjacent to an activating group) is 1. The van der Waals surface area contributed by atoms with Crippen LogP contribution >= 0.6 is 0 Å². The number of amides is 1. The molecule has 0 N–H and O–H groups in total. The summed E-state index contributed by atoms with van der Waals surface area (Å²) in [5.74, 6) is -2.64. The molecule has 1 atom stereocenters. The number of pyridine rings is 1. The quantitative estimate of drug-likeness (QED) is 0.634. The summed E-state index contributed by atoms with van der Waals surface area (Å²) in [6.07, 6.45) is 0.935. The Kier molecular flexibility index (Phi) is 7.14. The van der Waals surface area contributed by atoms with E-state index in [1.807, 2.05) is 13.8 Å². The van der Waals surface area contributed by atoms with E-state index >= 15 is 0 Å². The Labute approximate surface area is 189 Å². The molecular weight excluding hydrogens is 438 g/mol. The number of carbonyl (C=O) groups excluding carboxylic acids is 1. The smallest absolute Gasteiger partial charge is 0.248 e. The summed E-state index contributed by atoms with van der Waals surface area (Å²) in [7, 11) is -0.581. The number of alkyl halides is 2. The zero-order chi connectivity index (χ0) is 23.8. The third-order valence-corrected chi connectivity index (χ3v) is 8.67. The Balaban J connectivity index is 1.87. The van der Waals surface area contributed by atoms with Gasteiger partial charge in [-0.2, -0.15) is 4.31 Å². The Morgan fingerprint density at radius 1 is 1.19 bits per heavy atom. The van der Waals surface area contributed by atoms with Gasteiger partial charge in [0.15, 0.2) is 0 Å². The number of nitrogens with zero attached hydrogens (tertiary/aromatic N) is 4. The van der Waals surface area contributed by atoms with Crippen molar-refractivity contribution in [2.24, 2.45) is 0 Å². The molecule has 2 aliphatic rings. The van der Waals surface area contributed by atoms with Crippen molar-refractivity contribution in [2.75, 3.05) is 25.5 Å². The fourth-order valence-corrected chi connectivity index (χ4v) is 6.27. The molecule has 0 bridgehead atoms. The van der Waals surface area contributed by atoms with Crippen LogP contribution in [-0.2, 0) is 14.8 Å². The first-order chi connectivity index (χ1) is 14.8. The molecule has 10 heteroatoms. The molecule has 1 aromatic heterocycles. The summed E-state index contributed by atoms with van der Waals surface area (Å²) in [5.41, 5.74) is 0.703. The average Bonchev–Trinajstić information content (AvgIpc) is 3.22. The molecule has 32 heavy (non-hydrogen) atoms. The first-order valence-corrected chi connectivity index (χ1v) is 12.7. The number of anilines is 1. The van der Waals surface area contributed by atoms with Crippen molar-refractivity contribution in [3.8, 4) is 0 Å². The first kappa shape index (κ1) is 24.8. The number of halogens is 2. The lowest BCUT2D eigenvalue weighted by Gasteiger charge is -2.37. The standard InChI is InChI=1S/C22H34F2N4O3S/c1-15(2)26(4)20-19(9-8-16(3)25-20)32(30,31)28-14-6-7-18(28)21(29)27(5)17-10-12-22(23,24)13-11-17/h8-9,15,17-18H,6-7,10-14H2,1-5H3/t18-/m0/s1. The van der Waals surface area contributed by atoms with Crippen LogP contribution < -0.4 is 4.90 Å². The van der Waals surface area contributed by atoms with Gasteiger partial charge in [0.25, 0.3) is 0 Å². The highest BCUT2D eigenvalue weighted by atomic mass is 32.2. The summed E-state index contributed by atoms with van der Waals surface area (Å²) < 4.78 is 55.7. The molecule has 2 fully saturated rings. The summed E-state index contributed by atoms with van der Waals surface area (Å²) in [5, 5.41) is 0. The van der Waals surface area contributed by atoms with Gasteiger partial charge in [0.2, 0.25) is 21.9 Å². The molecule has 2 heterocycles. The Hall–Kier alpha value is -1.81. The lowest BCUT2D eigenvalue weighted by molar-refractivity contribution is -0.138. The van der Waals surface area contributed by atoms with E-state index in [1.165, 1.54) is 9.21 Å². The number of sulfonamides is 1. The highest BCUT2D eigenvalue weighted by Crippen LogP contribution is 2.36. The van der Waals surface area contributed by atoms with Crippen LogP contribution in [0.15, 0.2) is 17.0 Å². The minimum Gasteiger partial charge on any atom is -0.356 e. The number of hydrogen-bond acceptors (Lipinski definition) is 5. The first-order valence-electron chi connectivity index (χ1n) is 11.2. The maximum atomic E-state index is 13.7. The van der Waals surface area contributed by atoms with Crippen LogP contribution in [-0.4, -0.2) is 73.2 Å².